The number of aromatic hydroxyl groups is 1. The largest absolute Gasteiger partial charge is 0.507 e. The second kappa shape index (κ2) is 5.36. The highest BCUT2D eigenvalue weighted by Crippen LogP contribution is 2.61. The first kappa shape index (κ1) is 14.4. The summed E-state index contributed by atoms with van der Waals surface area (Å²) in [5.41, 5.74) is 0.732. The Morgan fingerprint density at radius 2 is 2.10 bits per heavy atom. The summed E-state index contributed by atoms with van der Waals surface area (Å²) in [4.78, 5) is 11.9. The SMILES string of the molecule is CC1(C)[C@H]2CC[C@@H](CCOC(=O)c3ccccc3O)[C@@H]1C2. The molecule has 0 aliphatic heterocycles. The molecule has 1 N–H and O–H groups in total. The molecule has 3 atom stereocenters. The van der Waals surface area contributed by atoms with Crippen LogP contribution in [0.1, 0.15) is 49.9 Å². The molecule has 3 nitrogen and oxygen atoms in total. The Morgan fingerprint density at radius 1 is 1.33 bits per heavy atom. The summed E-state index contributed by atoms with van der Waals surface area (Å²) in [7, 11) is 0. The van der Waals surface area contributed by atoms with Crippen LogP contribution in [0.15, 0.2) is 24.3 Å². The third kappa shape index (κ3) is 2.54. The summed E-state index contributed by atoms with van der Waals surface area (Å²) in [5.74, 6) is 1.95. The minimum absolute atomic E-state index is 0.0110. The first-order valence-electron chi connectivity index (χ1n) is 7.95. The van der Waals surface area contributed by atoms with Crippen molar-refractivity contribution in [3.63, 3.8) is 0 Å². The van der Waals surface area contributed by atoms with E-state index in [4.69, 9.17) is 4.74 Å². The monoisotopic (exact) mass is 288 g/mol. The Morgan fingerprint density at radius 3 is 2.76 bits per heavy atom. The summed E-state index contributed by atoms with van der Waals surface area (Å²) >= 11 is 0. The number of para-hydroxylation sites is 1. The molecule has 0 unspecified atom stereocenters. The first-order valence-corrected chi connectivity index (χ1v) is 7.95. The van der Waals surface area contributed by atoms with Gasteiger partial charge in [0.1, 0.15) is 11.3 Å². The molecule has 0 amide bonds. The van der Waals surface area contributed by atoms with Gasteiger partial charge in [-0.25, -0.2) is 4.79 Å². The maximum Gasteiger partial charge on any atom is 0.341 e. The normalized spacial score (nSPS) is 29.5. The predicted molar refractivity (Wildman–Crippen MR) is 81.1 cm³/mol. The van der Waals surface area contributed by atoms with E-state index in [1.807, 2.05) is 0 Å². The van der Waals surface area contributed by atoms with Gasteiger partial charge < -0.3 is 9.84 Å². The Hall–Kier alpha value is -1.51. The molecule has 1 aromatic carbocycles. The van der Waals surface area contributed by atoms with E-state index in [2.05, 4.69) is 13.8 Å². The van der Waals surface area contributed by atoms with Gasteiger partial charge in [0.05, 0.1) is 6.61 Å². The van der Waals surface area contributed by atoms with E-state index in [1.54, 1.807) is 18.2 Å². The zero-order valence-corrected chi connectivity index (χ0v) is 12.8. The third-order valence-electron chi connectivity index (χ3n) is 5.85. The number of benzene rings is 1. The van der Waals surface area contributed by atoms with Crippen LogP contribution in [0.25, 0.3) is 0 Å². The molecule has 114 valence electrons. The zero-order chi connectivity index (χ0) is 15.0. The summed E-state index contributed by atoms with van der Waals surface area (Å²) in [6, 6.07) is 6.53. The van der Waals surface area contributed by atoms with Crippen molar-refractivity contribution in [1.82, 2.24) is 0 Å². The highest BCUT2D eigenvalue weighted by atomic mass is 16.5. The van der Waals surface area contributed by atoms with Crippen molar-refractivity contribution >= 4 is 5.97 Å². The number of phenols is 1. The summed E-state index contributed by atoms with van der Waals surface area (Å²) < 4.78 is 5.35. The van der Waals surface area contributed by atoms with Crippen molar-refractivity contribution in [2.75, 3.05) is 6.61 Å². The lowest BCUT2D eigenvalue weighted by Crippen LogP contribution is -2.52. The number of fused-ring (bicyclic) bond motifs is 2. The lowest BCUT2D eigenvalue weighted by atomic mass is 9.45. The molecule has 0 spiro atoms. The van der Waals surface area contributed by atoms with Crippen LogP contribution in [0.5, 0.6) is 5.75 Å². The number of carbonyl (C=O) groups is 1. The van der Waals surface area contributed by atoms with Gasteiger partial charge in [-0.3, -0.25) is 0 Å². The van der Waals surface area contributed by atoms with Crippen molar-refractivity contribution in [3.8, 4) is 5.75 Å². The Bertz CT molecular complexity index is 533. The number of phenolic OH excluding ortho intramolecular Hbond substituents is 1. The molecule has 0 heterocycles. The fraction of sp³-hybridized carbons (Fsp3) is 0.611. The molecule has 3 aliphatic carbocycles. The number of esters is 1. The number of hydrogen-bond donors (Lipinski definition) is 1. The van der Waals surface area contributed by atoms with Gasteiger partial charge in [-0.15, -0.1) is 0 Å². The van der Waals surface area contributed by atoms with Crippen molar-refractivity contribution in [3.05, 3.63) is 29.8 Å². The fourth-order valence-electron chi connectivity index (χ4n) is 4.34. The van der Waals surface area contributed by atoms with Crippen LogP contribution in [-0.2, 0) is 4.74 Å². The Balaban J connectivity index is 1.51. The smallest absolute Gasteiger partial charge is 0.341 e. The van der Waals surface area contributed by atoms with E-state index < -0.39 is 5.97 Å². The highest BCUT2D eigenvalue weighted by Gasteiger charge is 2.53. The third-order valence-corrected chi connectivity index (χ3v) is 5.85. The molecular weight excluding hydrogens is 264 g/mol. The molecule has 0 aromatic heterocycles. The topological polar surface area (TPSA) is 46.5 Å². The van der Waals surface area contributed by atoms with Gasteiger partial charge in [-0.2, -0.15) is 0 Å². The second-order valence-corrected chi connectivity index (χ2v) is 7.14. The van der Waals surface area contributed by atoms with Crippen molar-refractivity contribution < 1.29 is 14.6 Å². The van der Waals surface area contributed by atoms with E-state index >= 15 is 0 Å². The lowest BCUT2D eigenvalue weighted by Gasteiger charge is -2.60. The average molecular weight is 288 g/mol. The summed E-state index contributed by atoms with van der Waals surface area (Å²) in [5, 5.41) is 9.65. The van der Waals surface area contributed by atoms with Gasteiger partial charge in [-0.1, -0.05) is 26.0 Å². The van der Waals surface area contributed by atoms with Gasteiger partial charge in [0.2, 0.25) is 0 Å². The van der Waals surface area contributed by atoms with Crippen LogP contribution < -0.4 is 0 Å². The minimum atomic E-state index is -0.422. The number of carbonyl (C=O) groups excluding carboxylic acids is 1. The van der Waals surface area contributed by atoms with Crippen LogP contribution in [0, 0.1) is 23.2 Å². The molecule has 3 fully saturated rings. The Kier molecular flexibility index (Phi) is 3.68. The van der Waals surface area contributed by atoms with E-state index in [0.29, 0.717) is 17.9 Å². The van der Waals surface area contributed by atoms with Crippen LogP contribution in [-0.4, -0.2) is 17.7 Å². The molecule has 3 saturated carbocycles. The molecule has 4 rings (SSSR count). The fourth-order valence-corrected chi connectivity index (χ4v) is 4.34. The lowest BCUT2D eigenvalue weighted by molar-refractivity contribution is -0.109. The summed E-state index contributed by atoms with van der Waals surface area (Å²) in [6.07, 6.45) is 4.89. The van der Waals surface area contributed by atoms with Gasteiger partial charge in [-0.05, 0) is 61.0 Å². The van der Waals surface area contributed by atoms with Gasteiger partial charge in [0, 0.05) is 0 Å². The molecule has 0 saturated heterocycles. The summed E-state index contributed by atoms with van der Waals surface area (Å²) in [6.45, 7) is 5.22. The van der Waals surface area contributed by atoms with E-state index in [9.17, 15) is 9.90 Å². The molecular formula is C18H24O3. The quantitative estimate of drug-likeness (QED) is 0.851. The molecule has 1 aromatic rings. The number of hydrogen-bond acceptors (Lipinski definition) is 3. The van der Waals surface area contributed by atoms with Crippen molar-refractivity contribution in [1.29, 1.82) is 0 Å². The average Bonchev–Trinajstić information content (AvgIpc) is 2.47. The van der Waals surface area contributed by atoms with E-state index in [1.165, 1.54) is 25.3 Å². The zero-order valence-electron chi connectivity index (χ0n) is 12.8. The van der Waals surface area contributed by atoms with Gasteiger partial charge >= 0.3 is 5.97 Å². The van der Waals surface area contributed by atoms with Crippen LogP contribution in [0.3, 0.4) is 0 Å². The predicted octanol–water partition coefficient (Wildman–Crippen LogP) is 4.01. The first-order chi connectivity index (χ1) is 10.00. The maximum absolute atomic E-state index is 11.9. The van der Waals surface area contributed by atoms with E-state index in [-0.39, 0.29) is 11.3 Å². The van der Waals surface area contributed by atoms with Gasteiger partial charge in [0.15, 0.2) is 0 Å². The van der Waals surface area contributed by atoms with Crippen molar-refractivity contribution in [2.24, 2.45) is 23.2 Å². The van der Waals surface area contributed by atoms with E-state index in [0.717, 1.165) is 18.3 Å². The van der Waals surface area contributed by atoms with Crippen LogP contribution in [0.2, 0.25) is 0 Å². The molecule has 0 radical (unpaired) electrons. The van der Waals surface area contributed by atoms with Gasteiger partial charge in [0.25, 0.3) is 0 Å². The molecule has 3 aliphatic rings. The molecule has 21 heavy (non-hydrogen) atoms. The maximum atomic E-state index is 11.9. The minimum Gasteiger partial charge on any atom is -0.507 e. The molecule has 3 heteroatoms. The van der Waals surface area contributed by atoms with Crippen LogP contribution in [0.4, 0.5) is 0 Å². The number of ether oxygens (including phenoxy) is 1. The highest BCUT2D eigenvalue weighted by molar-refractivity contribution is 5.92. The van der Waals surface area contributed by atoms with Crippen LogP contribution >= 0.6 is 0 Å². The standard InChI is InChI=1S/C18H24O3/c1-18(2)13-8-7-12(15(18)11-13)9-10-21-17(20)14-5-3-4-6-16(14)19/h3-6,12-13,15,19H,7-11H2,1-2H3/t12-,13-,15-/m0/s1. The Labute approximate surface area is 126 Å². The molecule has 2 bridgehead atoms. The van der Waals surface area contributed by atoms with Crippen molar-refractivity contribution in [2.45, 2.75) is 39.5 Å². The number of rotatable bonds is 4. The second-order valence-electron chi connectivity index (χ2n) is 7.14.